The molecule has 0 aromatic carbocycles. The molecule has 0 rings (SSSR count). The van der Waals surface area contributed by atoms with Crippen molar-refractivity contribution >= 4 is 12.1 Å². The number of rotatable bonds is 8. The molecule has 0 aliphatic rings. The number of unbranched alkanes of at least 4 members (excludes halogenated alkanes) is 1. The Kier molecular flexibility index (Phi) is 8.51. The minimum atomic E-state index is -1.01. The van der Waals surface area contributed by atoms with E-state index in [1.54, 1.807) is 0 Å². The van der Waals surface area contributed by atoms with Crippen molar-refractivity contribution in [1.82, 2.24) is 5.32 Å². The number of nitrogens with two attached hydrogens (primary N) is 1. The van der Waals surface area contributed by atoms with Gasteiger partial charge in [0.1, 0.15) is 12.6 Å². The van der Waals surface area contributed by atoms with Crippen molar-refractivity contribution in [3.8, 4) is 12.3 Å². The number of hydrogen-bond acceptors (Lipinski definition) is 4. The maximum atomic E-state index is 11.0. The maximum Gasteiger partial charge on any atom is 0.407 e. The van der Waals surface area contributed by atoms with E-state index in [0.29, 0.717) is 32.2 Å². The van der Waals surface area contributed by atoms with E-state index in [4.69, 9.17) is 22.0 Å². The minimum Gasteiger partial charge on any atom is -0.480 e. The summed E-state index contributed by atoms with van der Waals surface area (Å²) in [6, 6.07) is -0.836. The molecule has 0 aliphatic carbocycles. The van der Waals surface area contributed by atoms with Crippen LogP contribution < -0.4 is 11.1 Å². The highest BCUT2D eigenvalue weighted by Gasteiger charge is 2.10. The zero-order valence-corrected chi connectivity index (χ0v) is 9.65. The number of carboxylic acids is 1. The van der Waals surface area contributed by atoms with E-state index in [0.717, 1.165) is 0 Å². The number of nitrogens with one attached hydrogen (secondary N) is 1. The van der Waals surface area contributed by atoms with Crippen molar-refractivity contribution in [2.75, 3.05) is 13.2 Å². The third kappa shape index (κ3) is 9.20. The van der Waals surface area contributed by atoms with Gasteiger partial charge in [0.05, 0.1) is 0 Å². The molecule has 96 valence electrons. The number of terminal acetylenes is 1. The zero-order chi connectivity index (χ0) is 13.1. The molecule has 17 heavy (non-hydrogen) atoms. The number of hydrogen-bond donors (Lipinski definition) is 3. The van der Waals surface area contributed by atoms with Gasteiger partial charge in [-0.25, -0.2) is 4.79 Å². The van der Waals surface area contributed by atoms with Crippen LogP contribution >= 0.6 is 0 Å². The lowest BCUT2D eigenvalue weighted by Gasteiger charge is -2.07. The monoisotopic (exact) mass is 242 g/mol. The van der Waals surface area contributed by atoms with Gasteiger partial charge in [-0.3, -0.25) is 4.79 Å². The lowest BCUT2D eigenvalue weighted by molar-refractivity contribution is -0.138. The third-order valence-electron chi connectivity index (χ3n) is 2.01. The van der Waals surface area contributed by atoms with Crippen molar-refractivity contribution in [2.45, 2.75) is 31.7 Å². The smallest absolute Gasteiger partial charge is 0.407 e. The van der Waals surface area contributed by atoms with Crippen molar-refractivity contribution in [3.05, 3.63) is 0 Å². The Morgan fingerprint density at radius 3 is 2.76 bits per heavy atom. The van der Waals surface area contributed by atoms with Crippen molar-refractivity contribution in [3.63, 3.8) is 0 Å². The molecule has 0 saturated carbocycles. The predicted molar refractivity (Wildman–Crippen MR) is 62.3 cm³/mol. The summed E-state index contributed by atoms with van der Waals surface area (Å²) in [4.78, 5) is 21.4. The van der Waals surface area contributed by atoms with Gasteiger partial charge in [-0.15, -0.1) is 12.3 Å². The Balaban J connectivity index is 3.36. The molecule has 0 radical (unpaired) electrons. The van der Waals surface area contributed by atoms with Gasteiger partial charge in [-0.05, 0) is 19.3 Å². The molecule has 6 nitrogen and oxygen atoms in total. The van der Waals surface area contributed by atoms with Gasteiger partial charge in [0.2, 0.25) is 0 Å². The first kappa shape index (κ1) is 15.3. The highest BCUT2D eigenvalue weighted by atomic mass is 16.5. The number of alkyl carbamates (subject to hydrolysis) is 1. The number of carbonyl (C=O) groups is 2. The zero-order valence-electron chi connectivity index (χ0n) is 9.65. The SMILES string of the molecule is C#CCCOC(=O)NCCCCC(N)C(=O)O. The summed E-state index contributed by atoms with van der Waals surface area (Å²) in [7, 11) is 0. The second kappa shape index (κ2) is 9.48. The number of carbonyl (C=O) groups excluding carboxylic acids is 1. The van der Waals surface area contributed by atoms with E-state index < -0.39 is 18.1 Å². The number of ether oxygens (including phenoxy) is 1. The van der Waals surface area contributed by atoms with E-state index in [1.165, 1.54) is 0 Å². The lowest BCUT2D eigenvalue weighted by Crippen LogP contribution is -2.30. The first-order chi connectivity index (χ1) is 8.07. The Bertz CT molecular complexity index is 286. The molecule has 0 fully saturated rings. The fourth-order valence-corrected chi connectivity index (χ4v) is 1.06. The van der Waals surface area contributed by atoms with Crippen LogP contribution in [0.15, 0.2) is 0 Å². The number of aliphatic carboxylic acids is 1. The summed E-state index contributed by atoms with van der Waals surface area (Å²) in [5, 5.41) is 11.0. The quantitative estimate of drug-likeness (QED) is 0.420. The van der Waals surface area contributed by atoms with Crippen LogP contribution in [0.4, 0.5) is 4.79 Å². The lowest BCUT2D eigenvalue weighted by atomic mass is 10.1. The summed E-state index contributed by atoms with van der Waals surface area (Å²) >= 11 is 0. The van der Waals surface area contributed by atoms with E-state index >= 15 is 0 Å². The van der Waals surface area contributed by atoms with Gasteiger partial charge >= 0.3 is 12.1 Å². The second-order valence-corrected chi connectivity index (χ2v) is 3.46. The molecular weight excluding hydrogens is 224 g/mol. The first-order valence-corrected chi connectivity index (χ1v) is 5.40. The molecule has 0 aromatic heterocycles. The van der Waals surface area contributed by atoms with Gasteiger partial charge in [0.25, 0.3) is 0 Å². The van der Waals surface area contributed by atoms with E-state index in [2.05, 4.69) is 11.2 Å². The molecular formula is C11H18N2O4. The van der Waals surface area contributed by atoms with Gasteiger partial charge in [-0.2, -0.15) is 0 Å². The van der Waals surface area contributed by atoms with Crippen LogP contribution in [0.2, 0.25) is 0 Å². The van der Waals surface area contributed by atoms with Gasteiger partial charge < -0.3 is 20.9 Å². The Morgan fingerprint density at radius 1 is 1.47 bits per heavy atom. The molecule has 0 bridgehead atoms. The molecule has 6 heteroatoms. The van der Waals surface area contributed by atoms with Crippen LogP contribution in [0.1, 0.15) is 25.7 Å². The molecule has 1 amide bonds. The van der Waals surface area contributed by atoms with Crippen LogP contribution in [0, 0.1) is 12.3 Å². The third-order valence-corrected chi connectivity index (χ3v) is 2.01. The molecule has 1 unspecified atom stereocenters. The van der Waals surface area contributed by atoms with E-state index in [1.807, 2.05) is 0 Å². The summed E-state index contributed by atoms with van der Waals surface area (Å²) in [6.07, 6.45) is 6.55. The largest absolute Gasteiger partial charge is 0.480 e. The molecule has 0 saturated heterocycles. The Morgan fingerprint density at radius 2 is 2.18 bits per heavy atom. The molecule has 0 aromatic rings. The Hall–Kier alpha value is -1.74. The average molecular weight is 242 g/mol. The van der Waals surface area contributed by atoms with Crippen LogP contribution in [-0.2, 0) is 9.53 Å². The summed E-state index contributed by atoms with van der Waals surface area (Å²) in [5.74, 6) is 1.34. The second-order valence-electron chi connectivity index (χ2n) is 3.46. The van der Waals surface area contributed by atoms with Gasteiger partial charge in [-0.1, -0.05) is 0 Å². The molecule has 0 aliphatic heterocycles. The molecule has 4 N–H and O–H groups in total. The topological polar surface area (TPSA) is 102 Å². The molecule has 0 heterocycles. The van der Waals surface area contributed by atoms with Gasteiger partial charge in [0.15, 0.2) is 0 Å². The van der Waals surface area contributed by atoms with E-state index in [9.17, 15) is 9.59 Å². The van der Waals surface area contributed by atoms with Crippen LogP contribution in [0.25, 0.3) is 0 Å². The number of amides is 1. The van der Waals surface area contributed by atoms with Crippen molar-refractivity contribution in [2.24, 2.45) is 5.73 Å². The maximum absolute atomic E-state index is 11.0. The fraction of sp³-hybridized carbons (Fsp3) is 0.636. The van der Waals surface area contributed by atoms with Gasteiger partial charge in [0, 0.05) is 13.0 Å². The highest BCUT2D eigenvalue weighted by Crippen LogP contribution is 1.98. The average Bonchev–Trinajstić information content (AvgIpc) is 2.28. The first-order valence-electron chi connectivity index (χ1n) is 5.40. The molecule has 1 atom stereocenters. The fourth-order valence-electron chi connectivity index (χ4n) is 1.06. The van der Waals surface area contributed by atoms with Crippen LogP contribution in [-0.4, -0.2) is 36.4 Å². The van der Waals surface area contributed by atoms with Crippen LogP contribution in [0.5, 0.6) is 0 Å². The summed E-state index contributed by atoms with van der Waals surface area (Å²) < 4.78 is 4.74. The number of carboxylic acid groups (broad SMARTS) is 1. The van der Waals surface area contributed by atoms with Crippen molar-refractivity contribution < 1.29 is 19.4 Å². The molecule has 0 spiro atoms. The normalized spacial score (nSPS) is 11.3. The highest BCUT2D eigenvalue weighted by molar-refractivity contribution is 5.72. The predicted octanol–water partition coefficient (Wildman–Crippen LogP) is 0.318. The van der Waals surface area contributed by atoms with E-state index in [-0.39, 0.29) is 6.61 Å². The standard InChI is InChI=1S/C11H18N2O4/c1-2-3-8-17-11(16)13-7-5-4-6-9(12)10(14)15/h1,9H,3-8,12H2,(H,13,16)(H,14,15). The summed E-state index contributed by atoms with van der Waals surface area (Å²) in [5.41, 5.74) is 5.31. The summed E-state index contributed by atoms with van der Waals surface area (Å²) in [6.45, 7) is 0.632. The van der Waals surface area contributed by atoms with Crippen LogP contribution in [0.3, 0.4) is 0 Å². The minimum absolute atomic E-state index is 0.201. The Labute approximate surface area is 101 Å². The van der Waals surface area contributed by atoms with Crippen molar-refractivity contribution in [1.29, 1.82) is 0 Å².